The van der Waals surface area contributed by atoms with Crippen molar-refractivity contribution in [1.29, 1.82) is 0 Å². The van der Waals surface area contributed by atoms with Gasteiger partial charge in [-0.25, -0.2) is 0 Å². The number of hydrogen-bond donors (Lipinski definition) is 1. The molecule has 1 N–H and O–H groups in total. The highest BCUT2D eigenvalue weighted by molar-refractivity contribution is 4.80. The lowest BCUT2D eigenvalue weighted by atomic mass is 9.76. The van der Waals surface area contributed by atoms with Crippen molar-refractivity contribution < 1.29 is 0 Å². The Morgan fingerprint density at radius 3 is 2.24 bits per heavy atom. The molecule has 0 bridgehead atoms. The van der Waals surface area contributed by atoms with Crippen LogP contribution in [0.1, 0.15) is 84.5 Å². The van der Waals surface area contributed by atoms with Crippen molar-refractivity contribution in [3.05, 3.63) is 0 Å². The van der Waals surface area contributed by atoms with E-state index in [9.17, 15) is 0 Å². The molecule has 0 saturated heterocycles. The minimum atomic E-state index is 0.612. The summed E-state index contributed by atoms with van der Waals surface area (Å²) in [6.45, 7) is 7.25. The van der Waals surface area contributed by atoms with Gasteiger partial charge < -0.3 is 5.32 Å². The maximum atomic E-state index is 3.69. The molecule has 1 saturated carbocycles. The highest BCUT2D eigenvalue weighted by Crippen LogP contribution is 2.34. The Balaban J connectivity index is 1.89. The molecule has 1 rings (SSSR count). The zero-order valence-electron chi connectivity index (χ0n) is 12.2. The number of unbranched alkanes of at least 4 members (excludes halogenated alkanes) is 5. The number of hydrogen-bond acceptors (Lipinski definition) is 1. The van der Waals surface area contributed by atoms with E-state index in [0.29, 0.717) is 5.41 Å². The van der Waals surface area contributed by atoms with E-state index in [0.717, 1.165) is 0 Å². The third kappa shape index (κ3) is 7.08. The van der Waals surface area contributed by atoms with Crippen LogP contribution in [0, 0.1) is 5.41 Å². The topological polar surface area (TPSA) is 12.0 Å². The Morgan fingerprint density at radius 1 is 0.882 bits per heavy atom. The smallest absolute Gasteiger partial charge is 0.000516 e. The lowest BCUT2D eigenvalue weighted by Gasteiger charge is -2.33. The standard InChI is InChI=1S/C16H33N/c1-3-4-5-6-7-11-14-17-15-16(2)12-9-8-10-13-16/h17H,3-15H2,1-2H3. The second-order valence-electron chi connectivity index (χ2n) is 6.32. The summed E-state index contributed by atoms with van der Waals surface area (Å²) in [5, 5.41) is 3.69. The van der Waals surface area contributed by atoms with Gasteiger partial charge in [-0.15, -0.1) is 0 Å². The summed E-state index contributed by atoms with van der Waals surface area (Å²) in [5.74, 6) is 0. The third-order valence-corrected chi connectivity index (χ3v) is 4.32. The Hall–Kier alpha value is -0.0400. The van der Waals surface area contributed by atoms with E-state index in [1.54, 1.807) is 0 Å². The summed E-state index contributed by atoms with van der Waals surface area (Å²) in [6, 6.07) is 0. The van der Waals surface area contributed by atoms with Gasteiger partial charge in [0.15, 0.2) is 0 Å². The van der Waals surface area contributed by atoms with Gasteiger partial charge in [0.1, 0.15) is 0 Å². The van der Waals surface area contributed by atoms with E-state index >= 15 is 0 Å². The molecule has 0 aromatic carbocycles. The first-order chi connectivity index (χ1) is 8.27. The number of rotatable bonds is 9. The summed E-state index contributed by atoms with van der Waals surface area (Å²) in [5.41, 5.74) is 0.612. The van der Waals surface area contributed by atoms with E-state index < -0.39 is 0 Å². The molecule has 1 aliphatic carbocycles. The first-order valence-corrected chi connectivity index (χ1v) is 7.97. The van der Waals surface area contributed by atoms with E-state index in [1.807, 2.05) is 0 Å². The molecule has 0 aliphatic heterocycles. The Morgan fingerprint density at radius 2 is 1.53 bits per heavy atom. The first kappa shape index (κ1) is 15.0. The van der Waals surface area contributed by atoms with E-state index in [2.05, 4.69) is 19.2 Å². The fraction of sp³-hybridized carbons (Fsp3) is 1.00. The largest absolute Gasteiger partial charge is 0.316 e. The molecule has 0 radical (unpaired) electrons. The third-order valence-electron chi connectivity index (χ3n) is 4.32. The van der Waals surface area contributed by atoms with Gasteiger partial charge in [0.25, 0.3) is 0 Å². The van der Waals surface area contributed by atoms with Gasteiger partial charge in [-0.2, -0.15) is 0 Å². The summed E-state index contributed by atoms with van der Waals surface area (Å²) in [6.07, 6.45) is 15.7. The van der Waals surface area contributed by atoms with Gasteiger partial charge in [-0.05, 0) is 31.2 Å². The van der Waals surface area contributed by atoms with Crippen LogP contribution in [-0.4, -0.2) is 13.1 Å². The molecule has 0 heterocycles. The average Bonchev–Trinajstić information content (AvgIpc) is 2.33. The van der Waals surface area contributed by atoms with Crippen LogP contribution in [-0.2, 0) is 0 Å². The second kappa shape index (κ2) is 8.97. The summed E-state index contributed by atoms with van der Waals surface area (Å²) in [7, 11) is 0. The van der Waals surface area contributed by atoms with Crippen molar-refractivity contribution in [2.24, 2.45) is 5.41 Å². The summed E-state index contributed by atoms with van der Waals surface area (Å²) in [4.78, 5) is 0. The van der Waals surface area contributed by atoms with Crippen molar-refractivity contribution in [2.75, 3.05) is 13.1 Å². The molecule has 0 unspecified atom stereocenters. The number of nitrogens with one attached hydrogen (secondary N) is 1. The second-order valence-corrected chi connectivity index (χ2v) is 6.32. The molecule has 0 amide bonds. The minimum Gasteiger partial charge on any atom is -0.316 e. The summed E-state index contributed by atoms with van der Waals surface area (Å²) >= 11 is 0. The molecule has 102 valence electrons. The predicted octanol–water partition coefficient (Wildman–Crippen LogP) is 4.91. The van der Waals surface area contributed by atoms with Crippen molar-refractivity contribution in [1.82, 2.24) is 5.32 Å². The molecular weight excluding hydrogens is 206 g/mol. The van der Waals surface area contributed by atoms with Gasteiger partial charge in [0.05, 0.1) is 0 Å². The lowest BCUT2D eigenvalue weighted by molar-refractivity contribution is 0.208. The molecule has 0 aromatic heterocycles. The zero-order chi connectivity index (χ0) is 12.4. The molecule has 1 heteroatoms. The molecule has 0 atom stereocenters. The molecule has 1 aliphatic rings. The lowest BCUT2D eigenvalue weighted by Crippen LogP contribution is -2.34. The van der Waals surface area contributed by atoms with E-state index in [-0.39, 0.29) is 0 Å². The Labute approximate surface area is 109 Å². The fourth-order valence-electron chi connectivity index (χ4n) is 3.00. The van der Waals surface area contributed by atoms with Crippen LogP contribution < -0.4 is 5.32 Å². The molecule has 1 nitrogen and oxygen atoms in total. The maximum Gasteiger partial charge on any atom is 0.000516 e. The van der Waals surface area contributed by atoms with Gasteiger partial charge in [0, 0.05) is 6.54 Å². The van der Waals surface area contributed by atoms with Crippen LogP contribution in [0.5, 0.6) is 0 Å². The average molecular weight is 239 g/mol. The Bertz CT molecular complexity index is 170. The SMILES string of the molecule is CCCCCCCCNCC1(C)CCCCC1. The summed E-state index contributed by atoms with van der Waals surface area (Å²) < 4.78 is 0. The van der Waals surface area contributed by atoms with Crippen molar-refractivity contribution in [3.63, 3.8) is 0 Å². The van der Waals surface area contributed by atoms with Gasteiger partial charge in [-0.1, -0.05) is 65.2 Å². The monoisotopic (exact) mass is 239 g/mol. The quantitative estimate of drug-likeness (QED) is 0.564. The van der Waals surface area contributed by atoms with Crippen LogP contribution >= 0.6 is 0 Å². The maximum absolute atomic E-state index is 3.69. The molecule has 17 heavy (non-hydrogen) atoms. The normalized spacial score (nSPS) is 19.4. The zero-order valence-corrected chi connectivity index (χ0v) is 12.2. The van der Waals surface area contributed by atoms with E-state index in [4.69, 9.17) is 0 Å². The highest BCUT2D eigenvalue weighted by Gasteiger charge is 2.25. The van der Waals surface area contributed by atoms with Crippen molar-refractivity contribution >= 4 is 0 Å². The van der Waals surface area contributed by atoms with Gasteiger partial charge in [0.2, 0.25) is 0 Å². The predicted molar refractivity (Wildman–Crippen MR) is 77.4 cm³/mol. The minimum absolute atomic E-state index is 0.612. The van der Waals surface area contributed by atoms with Crippen molar-refractivity contribution in [2.45, 2.75) is 84.5 Å². The molecular formula is C16H33N. The van der Waals surface area contributed by atoms with Gasteiger partial charge in [-0.3, -0.25) is 0 Å². The van der Waals surface area contributed by atoms with Crippen molar-refractivity contribution in [3.8, 4) is 0 Å². The molecule has 1 fully saturated rings. The van der Waals surface area contributed by atoms with Crippen LogP contribution in [0.25, 0.3) is 0 Å². The van der Waals surface area contributed by atoms with Crippen LogP contribution in [0.3, 0.4) is 0 Å². The Kier molecular flexibility index (Phi) is 7.92. The fourth-order valence-corrected chi connectivity index (χ4v) is 3.00. The van der Waals surface area contributed by atoms with Crippen LogP contribution in [0.15, 0.2) is 0 Å². The van der Waals surface area contributed by atoms with Crippen LogP contribution in [0.2, 0.25) is 0 Å². The van der Waals surface area contributed by atoms with Gasteiger partial charge >= 0.3 is 0 Å². The first-order valence-electron chi connectivity index (χ1n) is 7.97. The van der Waals surface area contributed by atoms with E-state index in [1.165, 1.54) is 83.7 Å². The molecule has 0 spiro atoms. The highest BCUT2D eigenvalue weighted by atomic mass is 14.9. The molecule has 0 aromatic rings. The van der Waals surface area contributed by atoms with Crippen LogP contribution in [0.4, 0.5) is 0 Å².